The lowest BCUT2D eigenvalue weighted by atomic mass is 10.1. The van der Waals surface area contributed by atoms with E-state index < -0.39 is 0 Å². The number of anilines is 1. The molecule has 3 N–H and O–H groups in total. The molecule has 1 aromatic heterocycles. The summed E-state index contributed by atoms with van der Waals surface area (Å²) >= 11 is 0. The van der Waals surface area contributed by atoms with Crippen LogP contribution >= 0.6 is 0 Å². The normalized spacial score (nSPS) is 11.7. The maximum Gasteiger partial charge on any atom is 0.327 e. The van der Waals surface area contributed by atoms with Gasteiger partial charge in [-0.25, -0.2) is 4.98 Å². The molecule has 0 aliphatic carbocycles. The first-order chi connectivity index (χ1) is 15.6. The molecule has 7 nitrogen and oxygen atoms in total. The monoisotopic (exact) mass is 425 g/mol. The van der Waals surface area contributed by atoms with Crippen LogP contribution in [0.1, 0.15) is 12.5 Å². The van der Waals surface area contributed by atoms with Crippen molar-refractivity contribution in [3.8, 4) is 11.4 Å². The Bertz CT molecular complexity index is 1340. The summed E-state index contributed by atoms with van der Waals surface area (Å²) < 4.78 is 0.977. The number of aromatic nitrogens is 2. The molecule has 7 heteroatoms. The van der Waals surface area contributed by atoms with Gasteiger partial charge >= 0.3 is 5.82 Å². The van der Waals surface area contributed by atoms with Crippen LogP contribution in [0.25, 0.3) is 28.5 Å². The average molecular weight is 425 g/mol. The Kier molecular flexibility index (Phi) is 5.89. The van der Waals surface area contributed by atoms with Gasteiger partial charge < -0.3 is 10.5 Å². The van der Waals surface area contributed by atoms with E-state index in [1.54, 1.807) is 42.5 Å². The topological polar surface area (TPSA) is 98.4 Å². The van der Waals surface area contributed by atoms with Crippen molar-refractivity contribution in [3.63, 3.8) is 0 Å². The molecule has 0 atom stereocenters. The number of allylic oxidation sites excluding steroid dienone is 1. The zero-order chi connectivity index (χ0) is 22.5. The Morgan fingerprint density at radius 1 is 1.06 bits per heavy atom. The Morgan fingerprint density at radius 2 is 1.81 bits per heavy atom. The summed E-state index contributed by atoms with van der Waals surface area (Å²) in [7, 11) is 0. The molecule has 1 amide bonds. The molecule has 4 aromatic rings. The lowest BCUT2D eigenvalue weighted by Gasteiger charge is -2.07. The highest BCUT2D eigenvalue weighted by molar-refractivity contribution is 6.08. The molecule has 3 aromatic carbocycles. The quantitative estimate of drug-likeness (QED) is 0.128. The largest absolute Gasteiger partial charge is 0.349 e. The first kappa shape index (κ1) is 20.7. The number of nitroso groups, excluding NO2 is 1. The van der Waals surface area contributed by atoms with E-state index in [1.807, 2.05) is 49.4 Å². The number of nitrogens with one attached hydrogen (secondary N) is 2. The number of imidazole rings is 1. The SMILES string of the molecule is C/C=C\C(=C/c1ccccc1)C(=O)Nc1ccc(-c2[nH]c3ccc(N=O)cc3[n+]2O)cc1. The number of amides is 1. The van der Waals surface area contributed by atoms with E-state index in [9.17, 15) is 14.9 Å². The molecule has 0 fully saturated rings. The molecule has 0 spiro atoms. The van der Waals surface area contributed by atoms with Crippen LogP contribution in [0.4, 0.5) is 11.4 Å². The van der Waals surface area contributed by atoms with Crippen molar-refractivity contribution >= 4 is 34.4 Å². The van der Waals surface area contributed by atoms with Gasteiger partial charge in [-0.05, 0) is 64.9 Å². The molecule has 0 bridgehead atoms. The number of nitrogens with zero attached hydrogens (tertiary/aromatic N) is 2. The van der Waals surface area contributed by atoms with Crippen LogP contribution in [0.2, 0.25) is 0 Å². The van der Waals surface area contributed by atoms with E-state index in [1.165, 1.54) is 6.07 Å². The smallest absolute Gasteiger partial charge is 0.327 e. The molecule has 32 heavy (non-hydrogen) atoms. The summed E-state index contributed by atoms with van der Waals surface area (Å²) in [5.74, 6) is 0.218. The highest BCUT2D eigenvalue weighted by Crippen LogP contribution is 2.23. The fourth-order valence-corrected chi connectivity index (χ4v) is 3.37. The third-order valence-corrected chi connectivity index (χ3v) is 4.93. The number of benzene rings is 3. The molecule has 0 unspecified atom stereocenters. The number of H-pyrrole nitrogens is 1. The van der Waals surface area contributed by atoms with Gasteiger partial charge in [0.2, 0.25) is 5.52 Å². The molecule has 4 rings (SSSR count). The van der Waals surface area contributed by atoms with Crippen molar-refractivity contribution in [2.75, 3.05) is 5.32 Å². The van der Waals surface area contributed by atoms with Gasteiger partial charge in [-0.2, -0.15) is 0 Å². The van der Waals surface area contributed by atoms with Crippen molar-refractivity contribution in [1.82, 2.24) is 4.98 Å². The van der Waals surface area contributed by atoms with Crippen molar-refractivity contribution in [1.29, 1.82) is 0 Å². The second-order valence-electron chi connectivity index (χ2n) is 7.12. The highest BCUT2D eigenvalue weighted by atomic mass is 16.5. The van der Waals surface area contributed by atoms with E-state index in [2.05, 4.69) is 15.5 Å². The van der Waals surface area contributed by atoms with Crippen molar-refractivity contribution in [3.05, 3.63) is 101 Å². The van der Waals surface area contributed by atoms with Gasteiger partial charge in [-0.3, -0.25) is 4.79 Å². The Morgan fingerprint density at radius 3 is 2.50 bits per heavy atom. The zero-order valence-corrected chi connectivity index (χ0v) is 17.3. The minimum atomic E-state index is -0.226. The average Bonchev–Trinajstić information content (AvgIpc) is 3.15. The lowest BCUT2D eigenvalue weighted by molar-refractivity contribution is -0.875. The van der Waals surface area contributed by atoms with Gasteiger partial charge in [0.15, 0.2) is 5.52 Å². The van der Waals surface area contributed by atoms with Gasteiger partial charge in [-0.1, -0.05) is 42.5 Å². The van der Waals surface area contributed by atoms with Gasteiger partial charge in [0, 0.05) is 17.3 Å². The van der Waals surface area contributed by atoms with Crippen LogP contribution in [0.3, 0.4) is 0 Å². The van der Waals surface area contributed by atoms with Crippen LogP contribution in [-0.4, -0.2) is 16.1 Å². The number of carbonyl (C=O) groups is 1. The Hall–Kier alpha value is -4.52. The van der Waals surface area contributed by atoms with Crippen LogP contribution < -0.4 is 10.0 Å². The molecular formula is C25H21N4O3+. The third-order valence-electron chi connectivity index (χ3n) is 4.93. The predicted molar refractivity (Wildman–Crippen MR) is 124 cm³/mol. The van der Waals surface area contributed by atoms with Crippen molar-refractivity contribution < 1.29 is 14.7 Å². The molecule has 0 aliphatic rings. The Labute approximate surface area is 184 Å². The molecule has 158 valence electrons. The summed E-state index contributed by atoms with van der Waals surface area (Å²) in [6.07, 6.45) is 5.41. The number of hydrogen-bond donors (Lipinski definition) is 3. The summed E-state index contributed by atoms with van der Waals surface area (Å²) in [5.41, 5.74) is 4.12. The number of hydrogen-bond acceptors (Lipinski definition) is 4. The van der Waals surface area contributed by atoms with Gasteiger partial charge in [-0.15, -0.1) is 4.91 Å². The maximum absolute atomic E-state index is 12.8. The predicted octanol–water partition coefficient (Wildman–Crippen LogP) is 5.36. The standard InChI is InChI=1S/C25H20N4O3/c1-2-6-19(15-17-7-4-3-5-8-17)25(30)26-20-11-9-18(10-12-20)24-27-22-14-13-21(28-31)16-23(22)29(24)32/h2-16,32H,1H3,(H,26,27,30,31)/p+1/b6-2-,19-15+. The maximum atomic E-state index is 12.8. The lowest BCUT2D eigenvalue weighted by Crippen LogP contribution is -2.30. The van der Waals surface area contributed by atoms with Gasteiger partial charge in [0.1, 0.15) is 5.69 Å². The fourth-order valence-electron chi connectivity index (χ4n) is 3.37. The highest BCUT2D eigenvalue weighted by Gasteiger charge is 2.20. The molecule has 1 heterocycles. The summed E-state index contributed by atoms with van der Waals surface area (Å²) in [6.45, 7) is 1.86. The minimum Gasteiger partial charge on any atom is -0.349 e. The van der Waals surface area contributed by atoms with Gasteiger partial charge in [0.25, 0.3) is 5.91 Å². The summed E-state index contributed by atoms with van der Waals surface area (Å²) in [4.78, 5) is 26.7. The van der Waals surface area contributed by atoms with E-state index in [0.717, 1.165) is 10.3 Å². The van der Waals surface area contributed by atoms with Crippen LogP contribution in [0.5, 0.6) is 0 Å². The van der Waals surface area contributed by atoms with E-state index in [0.29, 0.717) is 33.7 Å². The van der Waals surface area contributed by atoms with Crippen molar-refractivity contribution in [2.45, 2.75) is 6.92 Å². The zero-order valence-electron chi connectivity index (χ0n) is 17.3. The fraction of sp³-hybridized carbons (Fsp3) is 0.0400. The molecule has 0 saturated carbocycles. The number of rotatable bonds is 6. The number of carbonyl (C=O) groups excluding carboxylic acids is 1. The number of aromatic amines is 1. The second kappa shape index (κ2) is 9.09. The van der Waals surface area contributed by atoms with Crippen LogP contribution in [-0.2, 0) is 4.79 Å². The first-order valence-electron chi connectivity index (χ1n) is 10.0. The van der Waals surface area contributed by atoms with Crippen molar-refractivity contribution in [2.24, 2.45) is 5.18 Å². The van der Waals surface area contributed by atoms with E-state index in [4.69, 9.17) is 0 Å². The Balaban J connectivity index is 1.57. The summed E-state index contributed by atoms with van der Waals surface area (Å²) in [5, 5.41) is 16.3. The molecule has 0 aliphatic heterocycles. The van der Waals surface area contributed by atoms with E-state index >= 15 is 0 Å². The number of fused-ring (bicyclic) bond motifs is 1. The summed E-state index contributed by atoms with van der Waals surface area (Å²) in [6, 6.07) is 21.5. The van der Waals surface area contributed by atoms with E-state index in [-0.39, 0.29) is 11.6 Å². The third kappa shape index (κ3) is 4.32. The molecule has 0 saturated heterocycles. The molecule has 0 radical (unpaired) electrons. The molecular weight excluding hydrogens is 404 g/mol. The van der Waals surface area contributed by atoms with Crippen LogP contribution in [0, 0.1) is 4.91 Å². The van der Waals surface area contributed by atoms with Crippen LogP contribution in [0.15, 0.2) is 95.7 Å². The second-order valence-corrected chi connectivity index (χ2v) is 7.12. The van der Waals surface area contributed by atoms with Gasteiger partial charge in [0.05, 0.1) is 5.56 Å². The first-order valence-corrected chi connectivity index (χ1v) is 10.0. The minimum absolute atomic E-state index is 0.226.